The molecule has 0 radical (unpaired) electrons. The van der Waals surface area contributed by atoms with Gasteiger partial charge in [-0.15, -0.1) is 0 Å². The molecule has 0 aliphatic heterocycles. The van der Waals surface area contributed by atoms with Gasteiger partial charge >= 0.3 is 5.69 Å². The molecule has 0 atom stereocenters. The SMILES string of the molecule is Nc1nc(F)cc(F)c1[N+](=O)[O-]. The third-order valence-corrected chi connectivity index (χ3v) is 1.12. The highest BCUT2D eigenvalue weighted by atomic mass is 19.1. The molecule has 5 nitrogen and oxygen atoms in total. The standard InChI is InChI=1S/C5H3F2N3O2/c6-2-1-3(7)9-5(8)4(2)10(11)12/h1H,(H2,8,9). The molecule has 12 heavy (non-hydrogen) atoms. The Bertz CT molecular complexity index is 318. The average molecular weight is 175 g/mol. The first-order valence-corrected chi connectivity index (χ1v) is 2.78. The molecule has 2 N–H and O–H groups in total. The molecular weight excluding hydrogens is 172 g/mol. The van der Waals surface area contributed by atoms with Crippen molar-refractivity contribution in [2.45, 2.75) is 0 Å². The van der Waals surface area contributed by atoms with Crippen LogP contribution in [0.3, 0.4) is 0 Å². The number of hydrogen-bond acceptors (Lipinski definition) is 4. The van der Waals surface area contributed by atoms with E-state index < -0.39 is 28.2 Å². The van der Waals surface area contributed by atoms with Gasteiger partial charge in [0.15, 0.2) is 0 Å². The van der Waals surface area contributed by atoms with E-state index in [1.165, 1.54) is 0 Å². The fourth-order valence-corrected chi connectivity index (χ4v) is 0.676. The summed E-state index contributed by atoms with van der Waals surface area (Å²) in [6.45, 7) is 0. The Morgan fingerprint density at radius 2 is 2.17 bits per heavy atom. The fourth-order valence-electron chi connectivity index (χ4n) is 0.676. The van der Waals surface area contributed by atoms with Crippen molar-refractivity contribution in [1.82, 2.24) is 4.98 Å². The zero-order chi connectivity index (χ0) is 9.30. The molecule has 0 saturated carbocycles. The molecular formula is C5H3F2N3O2. The number of nitrogens with two attached hydrogens (primary N) is 1. The lowest BCUT2D eigenvalue weighted by Gasteiger charge is -1.96. The molecule has 1 heterocycles. The first-order valence-electron chi connectivity index (χ1n) is 2.78. The minimum absolute atomic E-state index is 0.300. The van der Waals surface area contributed by atoms with Crippen molar-refractivity contribution in [3.63, 3.8) is 0 Å². The molecule has 0 spiro atoms. The number of halogens is 2. The van der Waals surface area contributed by atoms with Crippen molar-refractivity contribution in [1.29, 1.82) is 0 Å². The van der Waals surface area contributed by atoms with Crippen LogP contribution >= 0.6 is 0 Å². The van der Waals surface area contributed by atoms with Crippen LogP contribution in [0.2, 0.25) is 0 Å². The summed E-state index contributed by atoms with van der Waals surface area (Å²) in [6.07, 6.45) is 0. The summed E-state index contributed by atoms with van der Waals surface area (Å²) in [6, 6.07) is 0.300. The molecule has 1 aromatic rings. The highest BCUT2D eigenvalue weighted by molar-refractivity contribution is 5.52. The third kappa shape index (κ3) is 1.29. The van der Waals surface area contributed by atoms with Gasteiger partial charge in [0.25, 0.3) is 0 Å². The van der Waals surface area contributed by atoms with Crippen LogP contribution in [0.4, 0.5) is 20.3 Å². The molecule has 0 aliphatic carbocycles. The van der Waals surface area contributed by atoms with Crippen LogP contribution in [0.25, 0.3) is 0 Å². The van der Waals surface area contributed by atoms with E-state index >= 15 is 0 Å². The Morgan fingerprint density at radius 1 is 1.58 bits per heavy atom. The van der Waals surface area contributed by atoms with Gasteiger partial charge in [0, 0.05) is 6.07 Å². The quantitative estimate of drug-likeness (QED) is 0.389. The molecule has 7 heteroatoms. The molecule has 1 rings (SSSR count). The Kier molecular flexibility index (Phi) is 1.86. The lowest BCUT2D eigenvalue weighted by atomic mass is 10.4. The Labute approximate surface area is 65.0 Å². The van der Waals surface area contributed by atoms with Crippen molar-refractivity contribution >= 4 is 11.5 Å². The smallest absolute Gasteiger partial charge is 0.346 e. The van der Waals surface area contributed by atoms with Gasteiger partial charge in [0.05, 0.1) is 4.92 Å². The monoisotopic (exact) mass is 175 g/mol. The summed E-state index contributed by atoms with van der Waals surface area (Å²) in [7, 11) is 0. The van der Waals surface area contributed by atoms with E-state index in [1.807, 2.05) is 0 Å². The molecule has 0 fully saturated rings. The molecule has 0 saturated heterocycles. The number of pyridine rings is 1. The third-order valence-electron chi connectivity index (χ3n) is 1.12. The van der Waals surface area contributed by atoms with Crippen LogP contribution in [-0.4, -0.2) is 9.91 Å². The second kappa shape index (κ2) is 2.68. The summed E-state index contributed by atoms with van der Waals surface area (Å²) in [4.78, 5) is 11.9. The highest BCUT2D eigenvalue weighted by Crippen LogP contribution is 2.22. The molecule has 0 bridgehead atoms. The number of aromatic nitrogens is 1. The highest BCUT2D eigenvalue weighted by Gasteiger charge is 2.20. The van der Waals surface area contributed by atoms with E-state index in [1.54, 1.807) is 0 Å². The van der Waals surface area contributed by atoms with Crippen LogP contribution in [0.1, 0.15) is 0 Å². The summed E-state index contributed by atoms with van der Waals surface area (Å²) in [5.74, 6) is -3.28. The van der Waals surface area contributed by atoms with E-state index in [9.17, 15) is 18.9 Å². The predicted octanol–water partition coefficient (Wildman–Crippen LogP) is 0.850. The van der Waals surface area contributed by atoms with Gasteiger partial charge in [-0.3, -0.25) is 10.1 Å². The van der Waals surface area contributed by atoms with Gasteiger partial charge in [-0.25, -0.2) is 0 Å². The van der Waals surface area contributed by atoms with E-state index in [2.05, 4.69) is 4.98 Å². The van der Waals surface area contributed by atoms with Crippen molar-refractivity contribution in [2.75, 3.05) is 5.73 Å². The molecule has 64 valence electrons. The van der Waals surface area contributed by atoms with Crippen molar-refractivity contribution < 1.29 is 13.7 Å². The lowest BCUT2D eigenvalue weighted by molar-refractivity contribution is -0.386. The second-order valence-corrected chi connectivity index (χ2v) is 1.92. The first kappa shape index (κ1) is 8.31. The second-order valence-electron chi connectivity index (χ2n) is 1.92. The minimum atomic E-state index is -1.33. The largest absolute Gasteiger partial charge is 0.378 e. The topological polar surface area (TPSA) is 82.0 Å². The maximum atomic E-state index is 12.6. The van der Waals surface area contributed by atoms with E-state index in [4.69, 9.17) is 5.73 Å². The summed E-state index contributed by atoms with van der Waals surface area (Å²) < 4.78 is 24.8. The predicted molar refractivity (Wildman–Crippen MR) is 35.2 cm³/mol. The van der Waals surface area contributed by atoms with E-state index in [0.29, 0.717) is 6.07 Å². The summed E-state index contributed by atoms with van der Waals surface area (Å²) in [5, 5.41) is 10.1. The zero-order valence-corrected chi connectivity index (χ0v) is 5.62. The van der Waals surface area contributed by atoms with E-state index in [-0.39, 0.29) is 0 Å². The van der Waals surface area contributed by atoms with Crippen LogP contribution in [0.15, 0.2) is 6.07 Å². The fraction of sp³-hybridized carbons (Fsp3) is 0. The summed E-state index contributed by atoms with van der Waals surface area (Å²) in [5.41, 5.74) is 3.89. The number of nitro groups is 1. The normalized spacial score (nSPS) is 9.83. The van der Waals surface area contributed by atoms with Gasteiger partial charge in [-0.1, -0.05) is 0 Å². The van der Waals surface area contributed by atoms with Gasteiger partial charge in [0.2, 0.25) is 17.6 Å². The lowest BCUT2D eigenvalue weighted by Crippen LogP contribution is -2.02. The summed E-state index contributed by atoms with van der Waals surface area (Å²) >= 11 is 0. The van der Waals surface area contributed by atoms with Crippen LogP contribution < -0.4 is 5.73 Å². The number of rotatable bonds is 1. The Hall–Kier alpha value is -1.79. The van der Waals surface area contributed by atoms with Crippen molar-refractivity contribution in [2.24, 2.45) is 0 Å². The van der Waals surface area contributed by atoms with Crippen LogP contribution in [0.5, 0.6) is 0 Å². The molecule has 1 aromatic heterocycles. The maximum Gasteiger partial charge on any atom is 0.346 e. The maximum absolute atomic E-state index is 12.6. The van der Waals surface area contributed by atoms with Crippen molar-refractivity contribution in [3.8, 4) is 0 Å². The van der Waals surface area contributed by atoms with Gasteiger partial charge in [-0.2, -0.15) is 13.8 Å². The molecule has 0 amide bonds. The van der Waals surface area contributed by atoms with E-state index in [0.717, 1.165) is 0 Å². The Morgan fingerprint density at radius 3 is 2.58 bits per heavy atom. The van der Waals surface area contributed by atoms with Gasteiger partial charge in [-0.05, 0) is 0 Å². The average Bonchev–Trinajstić information content (AvgIpc) is 1.82. The van der Waals surface area contributed by atoms with Crippen LogP contribution in [0, 0.1) is 21.9 Å². The van der Waals surface area contributed by atoms with Crippen molar-refractivity contribution in [3.05, 3.63) is 27.9 Å². The molecule has 0 unspecified atom stereocenters. The Balaban J connectivity index is 3.38. The number of nitrogens with zero attached hydrogens (tertiary/aromatic N) is 2. The zero-order valence-electron chi connectivity index (χ0n) is 5.62. The molecule has 0 aromatic carbocycles. The number of nitrogen functional groups attached to an aromatic ring is 1. The first-order chi connectivity index (χ1) is 5.52. The number of anilines is 1. The van der Waals surface area contributed by atoms with Gasteiger partial charge < -0.3 is 5.73 Å². The molecule has 0 aliphatic rings. The van der Waals surface area contributed by atoms with Gasteiger partial charge in [0.1, 0.15) is 0 Å². The van der Waals surface area contributed by atoms with Crippen LogP contribution in [-0.2, 0) is 0 Å². The number of hydrogen-bond donors (Lipinski definition) is 1. The minimum Gasteiger partial charge on any atom is -0.378 e.